The van der Waals surface area contributed by atoms with Gasteiger partial charge in [0, 0.05) is 24.5 Å². The van der Waals surface area contributed by atoms with Gasteiger partial charge in [-0.15, -0.1) is 12.4 Å². The molecule has 0 aliphatic carbocycles. The van der Waals surface area contributed by atoms with Gasteiger partial charge in [-0.25, -0.2) is 0 Å². The van der Waals surface area contributed by atoms with Crippen LogP contribution in [-0.4, -0.2) is 19.2 Å². The van der Waals surface area contributed by atoms with E-state index < -0.39 is 6.16 Å². The van der Waals surface area contributed by atoms with Crippen molar-refractivity contribution in [3.8, 4) is 0 Å². The summed E-state index contributed by atoms with van der Waals surface area (Å²) in [6, 6.07) is 6.20. The van der Waals surface area contributed by atoms with Gasteiger partial charge < -0.3 is 25.6 Å². The second-order valence-electron chi connectivity index (χ2n) is 3.46. The third kappa shape index (κ3) is 12.1. The van der Waals surface area contributed by atoms with Crippen molar-refractivity contribution in [2.24, 2.45) is 0 Å². The number of carbonyl (C=O) groups excluding carboxylic acids is 1. The smallest absolute Gasteiger partial charge is 0.652 e. The maximum Gasteiger partial charge on any atom is 1.00 e. The Bertz CT molecular complexity index is 374. The first-order valence-electron chi connectivity index (χ1n) is 5.41. The van der Waals surface area contributed by atoms with E-state index in [2.05, 4.69) is 30.9 Å². The standard InChI is InChI=1S/C11H18N2.CH2O3.ClH.2Na/c1-4-13(5-2)10-6-7-11(12)9(3)8-10;2-1(3)4;;;/h6-8H,4-5,12H2,1-3H3;(H2,2,3,4);1H;;/q;;;2*+1/p-2. The van der Waals surface area contributed by atoms with Gasteiger partial charge in [-0.3, -0.25) is 0 Å². The van der Waals surface area contributed by atoms with Crippen LogP contribution >= 0.6 is 12.4 Å². The number of halogens is 1. The Labute approximate surface area is 170 Å². The number of rotatable bonds is 3. The van der Waals surface area contributed by atoms with E-state index >= 15 is 0 Å². The van der Waals surface area contributed by atoms with Crippen LogP contribution in [0.15, 0.2) is 18.2 Å². The molecule has 0 aliphatic rings. The zero-order valence-electron chi connectivity index (χ0n) is 12.8. The predicted molar refractivity (Wildman–Crippen MR) is 71.8 cm³/mol. The van der Waals surface area contributed by atoms with E-state index in [1.165, 1.54) is 5.69 Å². The van der Waals surface area contributed by atoms with E-state index in [-0.39, 0.29) is 71.5 Å². The number of hydrogen-bond donors (Lipinski definition) is 1. The van der Waals surface area contributed by atoms with Crippen LogP contribution in [0.3, 0.4) is 0 Å². The zero-order valence-corrected chi connectivity index (χ0v) is 17.6. The number of carbonyl (C=O) groups is 1. The predicted octanol–water partition coefficient (Wildman–Crippen LogP) is -5.59. The van der Waals surface area contributed by atoms with E-state index in [1.54, 1.807) is 0 Å². The summed E-state index contributed by atoms with van der Waals surface area (Å²) in [5.41, 5.74) is 9.04. The fourth-order valence-corrected chi connectivity index (χ4v) is 1.45. The minimum absolute atomic E-state index is 0. The molecule has 0 saturated heterocycles. The van der Waals surface area contributed by atoms with Gasteiger partial charge in [-0.2, -0.15) is 0 Å². The molecule has 8 heteroatoms. The second kappa shape index (κ2) is 15.8. The minimum Gasteiger partial charge on any atom is -0.652 e. The largest absolute Gasteiger partial charge is 1.00 e. The maximum absolute atomic E-state index is 8.33. The van der Waals surface area contributed by atoms with Crippen LogP contribution in [-0.2, 0) is 0 Å². The number of carboxylic acid groups (broad SMARTS) is 2. The maximum atomic E-state index is 8.33. The third-order valence-corrected chi connectivity index (χ3v) is 2.38. The second-order valence-corrected chi connectivity index (χ2v) is 3.46. The SMILES string of the molecule is CCN(CC)c1ccc(N)c(C)c1.Cl.O=C([O-])[O-].[Na+].[Na+]. The van der Waals surface area contributed by atoms with Crippen LogP contribution < -0.4 is 80.0 Å². The Kier molecular flexibility index (Phi) is 22.5. The molecule has 1 rings (SSSR count). The first kappa shape index (κ1) is 28.5. The summed E-state index contributed by atoms with van der Waals surface area (Å²) < 4.78 is 0. The molecular weight excluding hydrogens is 302 g/mol. The molecular formula is C12H19ClN2Na2O3. The first-order valence-corrected chi connectivity index (χ1v) is 5.41. The van der Waals surface area contributed by atoms with Crippen molar-refractivity contribution in [3.05, 3.63) is 23.8 Å². The number of nitrogens with two attached hydrogens (primary N) is 1. The van der Waals surface area contributed by atoms with Crippen LogP contribution in [0, 0.1) is 6.92 Å². The topological polar surface area (TPSA) is 92.5 Å². The molecule has 0 radical (unpaired) electrons. The van der Waals surface area contributed by atoms with Crippen LogP contribution in [0.4, 0.5) is 16.2 Å². The number of hydrogen-bond acceptors (Lipinski definition) is 5. The van der Waals surface area contributed by atoms with Gasteiger partial charge in [0.1, 0.15) is 0 Å². The molecule has 0 aliphatic heterocycles. The van der Waals surface area contributed by atoms with Crippen LogP contribution in [0.1, 0.15) is 19.4 Å². The molecule has 1 aromatic carbocycles. The summed E-state index contributed by atoms with van der Waals surface area (Å²) in [5.74, 6) is 0. The van der Waals surface area contributed by atoms with Gasteiger partial charge in [0.2, 0.25) is 0 Å². The van der Waals surface area contributed by atoms with Crippen molar-refractivity contribution in [1.82, 2.24) is 0 Å². The molecule has 0 atom stereocenters. The van der Waals surface area contributed by atoms with Gasteiger partial charge in [0.25, 0.3) is 0 Å². The van der Waals surface area contributed by atoms with Crippen molar-refractivity contribution in [2.45, 2.75) is 20.8 Å². The van der Waals surface area contributed by atoms with Crippen LogP contribution in [0.25, 0.3) is 0 Å². The monoisotopic (exact) mass is 320 g/mol. The van der Waals surface area contributed by atoms with Gasteiger partial charge in [-0.05, 0) is 50.7 Å². The molecule has 0 saturated carbocycles. The third-order valence-electron chi connectivity index (χ3n) is 2.38. The zero-order chi connectivity index (χ0) is 13.4. The molecule has 0 fully saturated rings. The molecule has 0 amide bonds. The molecule has 0 heterocycles. The first-order chi connectivity index (χ1) is 7.92. The van der Waals surface area contributed by atoms with Crippen molar-refractivity contribution in [3.63, 3.8) is 0 Å². The molecule has 1 aromatic rings. The molecule has 2 N–H and O–H groups in total. The number of anilines is 2. The summed E-state index contributed by atoms with van der Waals surface area (Å²) in [7, 11) is 0. The van der Waals surface area contributed by atoms with E-state index in [0.29, 0.717) is 0 Å². The molecule has 0 spiro atoms. The van der Waals surface area contributed by atoms with Crippen molar-refractivity contribution < 1.29 is 74.1 Å². The van der Waals surface area contributed by atoms with Crippen molar-refractivity contribution >= 4 is 29.9 Å². The summed E-state index contributed by atoms with van der Waals surface area (Å²) in [5, 5.41) is 16.7. The Morgan fingerprint density at radius 3 is 1.90 bits per heavy atom. The van der Waals surface area contributed by atoms with Gasteiger partial charge in [0.05, 0.1) is 0 Å². The summed E-state index contributed by atoms with van der Waals surface area (Å²) in [6.07, 6.45) is -2.33. The summed E-state index contributed by atoms with van der Waals surface area (Å²) in [4.78, 5) is 10.6. The summed E-state index contributed by atoms with van der Waals surface area (Å²) >= 11 is 0. The number of benzene rings is 1. The fraction of sp³-hybridized carbons (Fsp3) is 0.417. The Morgan fingerprint density at radius 2 is 1.60 bits per heavy atom. The molecule has 0 bridgehead atoms. The molecule has 0 unspecified atom stereocenters. The van der Waals surface area contributed by atoms with E-state index in [1.807, 2.05) is 13.0 Å². The number of nitrogen functional groups attached to an aromatic ring is 1. The van der Waals surface area contributed by atoms with E-state index in [9.17, 15) is 0 Å². The average molecular weight is 321 g/mol. The Morgan fingerprint density at radius 1 is 1.20 bits per heavy atom. The van der Waals surface area contributed by atoms with Gasteiger partial charge >= 0.3 is 59.1 Å². The average Bonchev–Trinajstić information content (AvgIpc) is 2.24. The fourth-order valence-electron chi connectivity index (χ4n) is 1.45. The van der Waals surface area contributed by atoms with Gasteiger partial charge in [-0.1, -0.05) is 0 Å². The summed E-state index contributed by atoms with van der Waals surface area (Å²) in [6.45, 7) is 8.45. The molecule has 0 aromatic heterocycles. The molecule has 5 nitrogen and oxygen atoms in total. The van der Waals surface area contributed by atoms with E-state index in [4.69, 9.17) is 20.7 Å². The van der Waals surface area contributed by atoms with E-state index in [0.717, 1.165) is 24.3 Å². The Hall–Kier alpha value is 0.380. The van der Waals surface area contributed by atoms with Gasteiger partial charge in [0.15, 0.2) is 0 Å². The van der Waals surface area contributed by atoms with Crippen molar-refractivity contribution in [2.75, 3.05) is 23.7 Å². The normalized spacial score (nSPS) is 7.75. The number of aryl methyl sites for hydroxylation is 1. The molecule has 20 heavy (non-hydrogen) atoms. The Balaban J connectivity index is -0.000000164. The van der Waals surface area contributed by atoms with Crippen molar-refractivity contribution in [1.29, 1.82) is 0 Å². The van der Waals surface area contributed by atoms with Crippen LogP contribution in [0.2, 0.25) is 0 Å². The quantitative estimate of drug-likeness (QED) is 0.443. The minimum atomic E-state index is -2.33. The van der Waals surface area contributed by atoms with Crippen LogP contribution in [0.5, 0.6) is 0 Å². The molecule has 104 valence electrons. The number of nitrogens with zero attached hydrogens (tertiary/aromatic N) is 1.